The van der Waals surface area contributed by atoms with Crippen LogP contribution in [0, 0.1) is 0 Å². The minimum atomic E-state index is -0.404. The van der Waals surface area contributed by atoms with Crippen LogP contribution in [0.4, 0.5) is 0 Å². The molecule has 0 spiro atoms. The van der Waals surface area contributed by atoms with Gasteiger partial charge in [0.15, 0.2) is 18.1 Å². The maximum Gasteiger partial charge on any atom is 0.277 e. The van der Waals surface area contributed by atoms with E-state index in [0.29, 0.717) is 28.6 Å². The summed E-state index contributed by atoms with van der Waals surface area (Å²) in [5.74, 6) is 1.83. The number of rotatable bonds is 8. The fourth-order valence-corrected chi connectivity index (χ4v) is 2.59. The second-order valence-electron chi connectivity index (χ2n) is 4.96. The first-order valence-electron chi connectivity index (χ1n) is 7.58. The van der Waals surface area contributed by atoms with Crippen LogP contribution in [0.15, 0.2) is 46.0 Å². The van der Waals surface area contributed by atoms with Gasteiger partial charge in [0.2, 0.25) is 0 Å². The Morgan fingerprint density at radius 1 is 1.04 bits per heavy atom. The van der Waals surface area contributed by atoms with Gasteiger partial charge in [-0.05, 0) is 34.1 Å². The molecule has 0 fully saturated rings. The van der Waals surface area contributed by atoms with E-state index in [-0.39, 0.29) is 6.61 Å². The van der Waals surface area contributed by atoms with Crippen LogP contribution >= 0.6 is 15.9 Å². The minimum Gasteiger partial charge on any atom is -0.496 e. The van der Waals surface area contributed by atoms with E-state index in [2.05, 4.69) is 26.5 Å². The Morgan fingerprint density at radius 2 is 1.69 bits per heavy atom. The van der Waals surface area contributed by atoms with Gasteiger partial charge in [-0.2, -0.15) is 5.10 Å². The van der Waals surface area contributed by atoms with Crippen molar-refractivity contribution in [1.82, 2.24) is 5.43 Å². The van der Waals surface area contributed by atoms with E-state index >= 15 is 0 Å². The number of benzene rings is 2. The molecule has 2 aromatic rings. The molecule has 2 aromatic carbocycles. The van der Waals surface area contributed by atoms with E-state index in [4.69, 9.17) is 18.9 Å². The van der Waals surface area contributed by atoms with Gasteiger partial charge in [-0.3, -0.25) is 4.79 Å². The number of methoxy groups -OCH3 is 3. The number of carbonyl (C=O) groups excluding carboxylic acids is 1. The van der Waals surface area contributed by atoms with Crippen molar-refractivity contribution in [2.75, 3.05) is 27.9 Å². The van der Waals surface area contributed by atoms with Crippen molar-refractivity contribution < 1.29 is 23.7 Å². The smallest absolute Gasteiger partial charge is 0.277 e. The maximum absolute atomic E-state index is 11.9. The number of ether oxygens (including phenoxy) is 4. The largest absolute Gasteiger partial charge is 0.496 e. The van der Waals surface area contributed by atoms with Crippen LogP contribution < -0.4 is 24.4 Å². The monoisotopic (exact) mass is 422 g/mol. The summed E-state index contributed by atoms with van der Waals surface area (Å²) in [6.45, 7) is -0.193. The predicted octanol–water partition coefficient (Wildman–Crippen LogP) is 3.00. The molecule has 8 heteroatoms. The van der Waals surface area contributed by atoms with Crippen LogP contribution in [0.25, 0.3) is 0 Å². The number of amides is 1. The zero-order valence-electron chi connectivity index (χ0n) is 14.6. The highest BCUT2D eigenvalue weighted by Gasteiger charge is 2.09. The van der Waals surface area contributed by atoms with Crippen LogP contribution in [0.5, 0.6) is 23.0 Å². The zero-order valence-corrected chi connectivity index (χ0v) is 16.2. The molecule has 0 saturated carbocycles. The third-order valence-electron chi connectivity index (χ3n) is 3.32. The van der Waals surface area contributed by atoms with Gasteiger partial charge in [0, 0.05) is 11.6 Å². The molecule has 0 radical (unpaired) electrons. The van der Waals surface area contributed by atoms with Gasteiger partial charge >= 0.3 is 0 Å². The summed E-state index contributed by atoms with van der Waals surface area (Å²) in [6.07, 6.45) is 1.48. The summed E-state index contributed by atoms with van der Waals surface area (Å²) in [5.41, 5.74) is 3.07. The van der Waals surface area contributed by atoms with E-state index < -0.39 is 5.91 Å². The molecule has 0 aromatic heterocycles. The first kappa shape index (κ1) is 19.6. The molecule has 138 valence electrons. The molecule has 0 aliphatic carbocycles. The molecule has 0 heterocycles. The van der Waals surface area contributed by atoms with Crippen molar-refractivity contribution in [3.63, 3.8) is 0 Å². The van der Waals surface area contributed by atoms with E-state index in [1.54, 1.807) is 44.6 Å². The van der Waals surface area contributed by atoms with Crippen molar-refractivity contribution in [2.24, 2.45) is 5.10 Å². The average Bonchev–Trinajstić information content (AvgIpc) is 2.66. The van der Waals surface area contributed by atoms with Gasteiger partial charge in [0.25, 0.3) is 5.91 Å². The molecular formula is C18H19BrN2O5. The first-order chi connectivity index (χ1) is 12.6. The predicted molar refractivity (Wildman–Crippen MR) is 101 cm³/mol. The highest BCUT2D eigenvalue weighted by Crippen LogP contribution is 2.32. The van der Waals surface area contributed by atoms with E-state index in [0.717, 1.165) is 4.47 Å². The van der Waals surface area contributed by atoms with E-state index in [9.17, 15) is 4.79 Å². The van der Waals surface area contributed by atoms with Crippen molar-refractivity contribution in [3.05, 3.63) is 46.4 Å². The number of nitrogens with one attached hydrogen (secondary N) is 1. The number of hydrogen-bond donors (Lipinski definition) is 1. The van der Waals surface area contributed by atoms with Crippen LogP contribution in [0.3, 0.4) is 0 Å². The molecule has 26 heavy (non-hydrogen) atoms. The number of para-hydroxylation sites is 2. The summed E-state index contributed by atoms with van der Waals surface area (Å²) < 4.78 is 21.8. The van der Waals surface area contributed by atoms with E-state index in [1.165, 1.54) is 13.3 Å². The highest BCUT2D eigenvalue weighted by molar-refractivity contribution is 9.10. The van der Waals surface area contributed by atoms with Gasteiger partial charge in [-0.15, -0.1) is 0 Å². The molecule has 7 nitrogen and oxygen atoms in total. The summed E-state index contributed by atoms with van der Waals surface area (Å²) >= 11 is 3.39. The SMILES string of the molecule is COc1cc(OC)c(/C=N/NC(=O)COc2ccccc2OC)cc1Br. The topological polar surface area (TPSA) is 78.4 Å². The third kappa shape index (κ3) is 5.13. The molecule has 0 aliphatic heterocycles. The first-order valence-corrected chi connectivity index (χ1v) is 8.37. The molecule has 0 aliphatic rings. The van der Waals surface area contributed by atoms with Crippen LogP contribution in [-0.4, -0.2) is 40.1 Å². The van der Waals surface area contributed by atoms with Crippen LogP contribution in [0.1, 0.15) is 5.56 Å². The van der Waals surface area contributed by atoms with Gasteiger partial charge in [0.05, 0.1) is 32.0 Å². The quantitative estimate of drug-likeness (QED) is 0.522. The Morgan fingerprint density at radius 3 is 2.35 bits per heavy atom. The Kier molecular flexibility index (Phi) is 7.28. The summed E-state index contributed by atoms with van der Waals surface area (Å²) in [4.78, 5) is 11.9. The summed E-state index contributed by atoms with van der Waals surface area (Å²) in [7, 11) is 4.64. The summed E-state index contributed by atoms with van der Waals surface area (Å²) in [6, 6.07) is 10.6. The molecule has 0 atom stereocenters. The Labute approximate surface area is 160 Å². The molecule has 0 saturated heterocycles. The van der Waals surface area contributed by atoms with Crippen molar-refractivity contribution in [3.8, 4) is 23.0 Å². The zero-order chi connectivity index (χ0) is 18.9. The standard InChI is InChI=1S/C18H19BrN2O5/c1-23-14-6-4-5-7-15(14)26-11-18(22)21-20-10-12-8-13(19)17(25-3)9-16(12)24-2/h4-10H,11H2,1-3H3,(H,21,22)/b20-10+. The Hall–Kier alpha value is -2.74. The Balaban J connectivity index is 1.95. The summed E-state index contributed by atoms with van der Waals surface area (Å²) in [5, 5.41) is 3.92. The lowest BCUT2D eigenvalue weighted by atomic mass is 10.2. The second kappa shape index (κ2) is 9.67. The number of hydrogen-bond acceptors (Lipinski definition) is 6. The number of halogens is 1. The van der Waals surface area contributed by atoms with Crippen molar-refractivity contribution in [1.29, 1.82) is 0 Å². The molecule has 2 rings (SSSR count). The maximum atomic E-state index is 11.9. The molecule has 0 bridgehead atoms. The number of nitrogens with zero attached hydrogens (tertiary/aromatic N) is 1. The van der Waals surface area contributed by atoms with Gasteiger partial charge in [-0.25, -0.2) is 5.43 Å². The van der Waals surface area contributed by atoms with Crippen LogP contribution in [0.2, 0.25) is 0 Å². The molecule has 1 N–H and O–H groups in total. The van der Waals surface area contributed by atoms with Gasteiger partial charge in [0.1, 0.15) is 11.5 Å². The fourth-order valence-electron chi connectivity index (χ4n) is 2.07. The lowest BCUT2D eigenvalue weighted by Gasteiger charge is -2.10. The fraction of sp³-hybridized carbons (Fsp3) is 0.222. The average molecular weight is 423 g/mol. The van der Waals surface area contributed by atoms with E-state index in [1.807, 2.05) is 6.07 Å². The minimum absolute atomic E-state index is 0.193. The number of carbonyl (C=O) groups is 1. The van der Waals surface area contributed by atoms with Crippen molar-refractivity contribution >= 4 is 28.1 Å². The third-order valence-corrected chi connectivity index (χ3v) is 3.94. The molecule has 0 unspecified atom stereocenters. The highest BCUT2D eigenvalue weighted by atomic mass is 79.9. The van der Waals surface area contributed by atoms with Gasteiger partial charge in [-0.1, -0.05) is 12.1 Å². The lowest BCUT2D eigenvalue weighted by Crippen LogP contribution is -2.24. The van der Waals surface area contributed by atoms with Crippen molar-refractivity contribution in [2.45, 2.75) is 0 Å². The molecular weight excluding hydrogens is 404 g/mol. The number of hydrazone groups is 1. The Bertz CT molecular complexity index is 795. The normalized spacial score (nSPS) is 10.5. The second-order valence-corrected chi connectivity index (χ2v) is 5.82. The van der Waals surface area contributed by atoms with Crippen LogP contribution in [-0.2, 0) is 4.79 Å². The van der Waals surface area contributed by atoms with Gasteiger partial charge < -0.3 is 18.9 Å². The lowest BCUT2D eigenvalue weighted by molar-refractivity contribution is -0.123. The molecule has 1 amide bonds.